The molecule has 34 heavy (non-hydrogen) atoms. The molecular weight excluding hydrogens is 436 g/mol. The number of aromatic nitrogens is 3. The van der Waals surface area contributed by atoms with Gasteiger partial charge in [-0.25, -0.2) is 4.98 Å². The van der Waals surface area contributed by atoms with Gasteiger partial charge < -0.3 is 30.1 Å². The molecule has 0 saturated carbocycles. The number of para-hydroxylation sites is 2. The largest absolute Gasteiger partial charge is 0.497 e. The van der Waals surface area contributed by atoms with E-state index >= 15 is 0 Å². The molecule has 4 aromatic rings. The molecule has 3 heterocycles. The summed E-state index contributed by atoms with van der Waals surface area (Å²) in [5.41, 5.74) is 4.19. The van der Waals surface area contributed by atoms with Crippen LogP contribution in [0.4, 0.5) is 5.95 Å². The van der Waals surface area contributed by atoms with E-state index < -0.39 is 31.1 Å². The topological polar surface area (TPSA) is 122 Å². The molecule has 0 radical (unpaired) electrons. The van der Waals surface area contributed by atoms with E-state index in [1.807, 2.05) is 60.7 Å². The molecule has 1 saturated heterocycles. The van der Waals surface area contributed by atoms with Gasteiger partial charge in [0.25, 0.3) is 0 Å². The maximum atomic E-state index is 10.6. The Bertz CT molecular complexity index is 1280. The van der Waals surface area contributed by atoms with Crippen molar-refractivity contribution in [2.24, 2.45) is 0 Å². The zero-order chi connectivity index (χ0) is 23.7. The quantitative estimate of drug-likeness (QED) is 0.330. The van der Waals surface area contributed by atoms with Crippen molar-refractivity contribution in [3.63, 3.8) is 0 Å². The van der Waals surface area contributed by atoms with Crippen LogP contribution in [0.1, 0.15) is 11.8 Å². The molecule has 4 atom stereocenters. The van der Waals surface area contributed by atoms with Crippen LogP contribution in [0.5, 0.6) is 5.75 Å². The number of imidazole rings is 1. The zero-order valence-corrected chi connectivity index (χ0v) is 18.6. The molecule has 1 aliphatic heterocycles. The fourth-order valence-electron chi connectivity index (χ4n) is 4.18. The second kappa shape index (κ2) is 9.40. The average molecular weight is 463 g/mol. The van der Waals surface area contributed by atoms with Gasteiger partial charge in [-0.15, -0.1) is 0 Å². The summed E-state index contributed by atoms with van der Waals surface area (Å²) in [6.07, 6.45) is -2.38. The van der Waals surface area contributed by atoms with Crippen molar-refractivity contribution in [2.45, 2.75) is 31.1 Å². The monoisotopic (exact) mass is 462 g/mol. The molecule has 4 N–H and O–H groups in total. The number of anilines is 1. The highest BCUT2D eigenvalue weighted by Gasteiger charge is 2.44. The highest BCUT2D eigenvalue weighted by Crippen LogP contribution is 2.35. The van der Waals surface area contributed by atoms with Crippen LogP contribution in [0.15, 0.2) is 66.9 Å². The molecule has 2 aromatic heterocycles. The van der Waals surface area contributed by atoms with Crippen molar-refractivity contribution in [3.8, 4) is 17.0 Å². The summed E-state index contributed by atoms with van der Waals surface area (Å²) in [6, 6.07) is 19.1. The molecule has 9 nitrogen and oxygen atoms in total. The van der Waals surface area contributed by atoms with Crippen molar-refractivity contribution in [1.82, 2.24) is 14.5 Å². The number of aliphatic hydroxyl groups excluding tert-OH is 3. The van der Waals surface area contributed by atoms with Gasteiger partial charge in [-0.2, -0.15) is 0 Å². The Hall–Kier alpha value is -3.50. The molecule has 176 valence electrons. The van der Waals surface area contributed by atoms with Gasteiger partial charge >= 0.3 is 0 Å². The molecule has 0 unspecified atom stereocenters. The minimum Gasteiger partial charge on any atom is -0.497 e. The maximum absolute atomic E-state index is 10.6. The van der Waals surface area contributed by atoms with Crippen molar-refractivity contribution < 1.29 is 24.8 Å². The number of nitrogens with one attached hydrogen (secondary N) is 1. The summed E-state index contributed by atoms with van der Waals surface area (Å²) in [4.78, 5) is 9.22. The van der Waals surface area contributed by atoms with E-state index in [9.17, 15) is 15.3 Å². The Balaban J connectivity index is 1.39. The van der Waals surface area contributed by atoms with Gasteiger partial charge in [-0.1, -0.05) is 30.3 Å². The van der Waals surface area contributed by atoms with Gasteiger partial charge in [-0.3, -0.25) is 9.55 Å². The van der Waals surface area contributed by atoms with Crippen molar-refractivity contribution in [3.05, 3.63) is 72.4 Å². The average Bonchev–Trinajstić information content (AvgIpc) is 3.39. The molecule has 0 bridgehead atoms. The summed E-state index contributed by atoms with van der Waals surface area (Å²) in [5.74, 6) is 1.25. The Morgan fingerprint density at radius 2 is 1.91 bits per heavy atom. The standard InChI is InChI=1S/C25H26N4O5/c1-33-17-6-4-5-16(11-17)18-10-9-15(12-26-18)13-27-25-28-19-7-2-3-8-20(19)29(25)24-23(32)22(31)21(14-30)34-24/h2-12,21-24,30-32H,13-14H2,1H3,(H,27,28)/t21-,22-,23-,24-/m1/s1. The van der Waals surface area contributed by atoms with E-state index in [1.165, 1.54) is 0 Å². The first kappa shape index (κ1) is 22.3. The van der Waals surface area contributed by atoms with E-state index in [0.29, 0.717) is 18.0 Å². The number of pyridine rings is 1. The lowest BCUT2D eigenvalue weighted by molar-refractivity contribution is -0.0499. The highest BCUT2D eigenvalue weighted by atomic mass is 16.6. The molecule has 5 rings (SSSR count). The molecular formula is C25H26N4O5. The van der Waals surface area contributed by atoms with Crippen LogP contribution in [-0.4, -0.2) is 61.9 Å². The van der Waals surface area contributed by atoms with E-state index in [4.69, 9.17) is 9.47 Å². The molecule has 2 aromatic carbocycles. The third-order valence-corrected chi connectivity index (χ3v) is 6.01. The fraction of sp³-hybridized carbons (Fsp3) is 0.280. The first-order valence-corrected chi connectivity index (χ1v) is 11.0. The molecule has 1 fully saturated rings. The van der Waals surface area contributed by atoms with E-state index in [1.54, 1.807) is 17.9 Å². The van der Waals surface area contributed by atoms with Crippen molar-refractivity contribution in [1.29, 1.82) is 0 Å². The van der Waals surface area contributed by atoms with E-state index in [2.05, 4.69) is 15.3 Å². The number of rotatable bonds is 7. The number of hydrogen-bond donors (Lipinski definition) is 4. The Labute approximate surface area is 196 Å². The fourth-order valence-corrected chi connectivity index (χ4v) is 4.18. The third-order valence-electron chi connectivity index (χ3n) is 6.01. The summed E-state index contributed by atoms with van der Waals surface area (Å²) in [7, 11) is 1.63. The lowest BCUT2D eigenvalue weighted by Gasteiger charge is -2.20. The predicted octanol–water partition coefficient (Wildman–Crippen LogP) is 2.33. The first-order valence-electron chi connectivity index (χ1n) is 11.0. The summed E-state index contributed by atoms with van der Waals surface area (Å²) in [6.45, 7) is 0.0406. The number of hydrogen-bond acceptors (Lipinski definition) is 8. The van der Waals surface area contributed by atoms with Gasteiger partial charge in [0, 0.05) is 18.3 Å². The van der Waals surface area contributed by atoms with Gasteiger partial charge in [0.2, 0.25) is 5.95 Å². The smallest absolute Gasteiger partial charge is 0.206 e. The second-order valence-electron chi connectivity index (χ2n) is 8.16. The minimum atomic E-state index is -1.21. The number of fused-ring (bicyclic) bond motifs is 1. The van der Waals surface area contributed by atoms with Gasteiger partial charge in [0.15, 0.2) is 6.23 Å². The predicted molar refractivity (Wildman–Crippen MR) is 126 cm³/mol. The van der Waals surface area contributed by atoms with Crippen LogP contribution >= 0.6 is 0 Å². The molecule has 0 spiro atoms. The van der Waals surface area contributed by atoms with Gasteiger partial charge in [0.05, 0.1) is 30.4 Å². The van der Waals surface area contributed by atoms with Crippen LogP contribution in [0.3, 0.4) is 0 Å². The molecule has 0 amide bonds. The lowest BCUT2D eigenvalue weighted by atomic mass is 10.1. The third kappa shape index (κ3) is 4.10. The Kier molecular flexibility index (Phi) is 6.16. The Morgan fingerprint density at radius 3 is 2.65 bits per heavy atom. The molecule has 1 aliphatic rings. The Morgan fingerprint density at radius 1 is 1.06 bits per heavy atom. The number of ether oxygens (including phenoxy) is 2. The summed E-state index contributed by atoms with van der Waals surface area (Å²) >= 11 is 0. The van der Waals surface area contributed by atoms with E-state index in [-0.39, 0.29) is 0 Å². The van der Waals surface area contributed by atoms with Gasteiger partial charge in [-0.05, 0) is 35.9 Å². The molecule has 9 heteroatoms. The van der Waals surface area contributed by atoms with Crippen molar-refractivity contribution in [2.75, 3.05) is 19.0 Å². The minimum absolute atomic E-state index is 0.393. The number of nitrogens with zero attached hydrogens (tertiary/aromatic N) is 3. The zero-order valence-electron chi connectivity index (χ0n) is 18.6. The summed E-state index contributed by atoms with van der Waals surface area (Å²) < 4.78 is 12.8. The number of methoxy groups -OCH3 is 1. The van der Waals surface area contributed by atoms with Gasteiger partial charge in [0.1, 0.15) is 24.1 Å². The second-order valence-corrected chi connectivity index (χ2v) is 8.16. The number of aliphatic hydroxyl groups is 3. The summed E-state index contributed by atoms with van der Waals surface area (Å²) in [5, 5.41) is 33.6. The van der Waals surface area contributed by atoms with Crippen LogP contribution < -0.4 is 10.1 Å². The van der Waals surface area contributed by atoms with Crippen LogP contribution in [0.25, 0.3) is 22.3 Å². The number of benzene rings is 2. The van der Waals surface area contributed by atoms with Crippen molar-refractivity contribution >= 4 is 17.0 Å². The normalized spacial score (nSPS) is 22.2. The van der Waals surface area contributed by atoms with Crippen LogP contribution in [-0.2, 0) is 11.3 Å². The maximum Gasteiger partial charge on any atom is 0.206 e. The lowest BCUT2D eigenvalue weighted by Crippen LogP contribution is -2.33. The van der Waals surface area contributed by atoms with Crippen LogP contribution in [0.2, 0.25) is 0 Å². The molecule has 0 aliphatic carbocycles. The van der Waals surface area contributed by atoms with E-state index in [0.717, 1.165) is 28.1 Å². The van der Waals surface area contributed by atoms with Crippen LogP contribution in [0, 0.1) is 0 Å². The highest BCUT2D eigenvalue weighted by molar-refractivity contribution is 5.78. The SMILES string of the molecule is COc1cccc(-c2ccc(CNc3nc4ccccc4n3[C@@H]3O[C@H](CO)[C@@H](O)[C@H]3O)cn2)c1. The first-order chi connectivity index (χ1) is 16.6.